The van der Waals surface area contributed by atoms with E-state index < -0.39 is 30.1 Å². The lowest BCUT2D eigenvalue weighted by atomic mass is 10.2. The number of esters is 1. The Kier molecular flexibility index (Phi) is 6.19. The first kappa shape index (κ1) is 16.2. The molecule has 1 aliphatic rings. The van der Waals surface area contributed by atoms with Gasteiger partial charge in [0, 0.05) is 19.6 Å². The number of ether oxygens (including phenoxy) is 2. The third kappa shape index (κ3) is 4.07. The molecule has 0 saturated carbocycles. The number of carbonyl (C=O) groups is 3. The summed E-state index contributed by atoms with van der Waals surface area (Å²) in [5, 5.41) is 19.9. The number of morpholine rings is 1. The molecule has 3 N–H and O–H groups in total. The monoisotopic (exact) mass is 290 g/mol. The fourth-order valence-electron chi connectivity index (χ4n) is 1.80. The topological polar surface area (TPSA) is 125 Å². The first-order valence-electron chi connectivity index (χ1n) is 6.07. The molecule has 0 spiro atoms. The number of aliphatic carboxylic acids is 1. The van der Waals surface area contributed by atoms with Crippen LogP contribution in [0.2, 0.25) is 0 Å². The molecule has 2 amide bonds. The van der Waals surface area contributed by atoms with Crippen LogP contribution in [0.1, 0.15) is 6.42 Å². The fraction of sp³-hybridized carbons (Fsp3) is 0.727. The molecule has 1 saturated heterocycles. The summed E-state index contributed by atoms with van der Waals surface area (Å²) < 4.78 is 9.68. The minimum atomic E-state index is -1.25. The van der Waals surface area contributed by atoms with Gasteiger partial charge in [-0.05, 0) is 0 Å². The van der Waals surface area contributed by atoms with Gasteiger partial charge in [-0.25, -0.2) is 14.4 Å². The summed E-state index contributed by atoms with van der Waals surface area (Å²) in [7, 11) is 1.19. The van der Waals surface area contributed by atoms with Crippen molar-refractivity contribution in [3.63, 3.8) is 0 Å². The molecule has 0 aromatic carbocycles. The standard InChI is InChI=1S/C11H18N2O7/c1-19-10(17)8-6-20-5-3-13(8)11(18)12-7(2-4-14)9(15)16/h7-8,14H,2-6H2,1H3,(H,12,18)(H,15,16)/t7-,8?/m0/s1. The van der Waals surface area contributed by atoms with E-state index >= 15 is 0 Å². The Hall–Kier alpha value is -1.87. The largest absolute Gasteiger partial charge is 0.480 e. The number of amides is 2. The van der Waals surface area contributed by atoms with E-state index in [1.165, 1.54) is 12.0 Å². The molecule has 20 heavy (non-hydrogen) atoms. The summed E-state index contributed by atoms with van der Waals surface area (Å²) in [6.45, 7) is 0.0222. The zero-order valence-electron chi connectivity index (χ0n) is 11.1. The van der Waals surface area contributed by atoms with E-state index in [2.05, 4.69) is 10.1 Å². The number of nitrogens with zero attached hydrogens (tertiary/aromatic N) is 1. The highest BCUT2D eigenvalue weighted by Crippen LogP contribution is 2.09. The maximum absolute atomic E-state index is 12.0. The minimum absolute atomic E-state index is 0.00215. The summed E-state index contributed by atoms with van der Waals surface area (Å²) in [6, 6.07) is -2.82. The lowest BCUT2D eigenvalue weighted by Gasteiger charge is -2.34. The lowest BCUT2D eigenvalue weighted by Crippen LogP contribution is -2.58. The zero-order chi connectivity index (χ0) is 15.1. The molecule has 114 valence electrons. The Labute approximate surface area is 115 Å². The van der Waals surface area contributed by atoms with Gasteiger partial charge in [-0.1, -0.05) is 0 Å². The van der Waals surface area contributed by atoms with Crippen molar-refractivity contribution in [1.82, 2.24) is 10.2 Å². The molecule has 0 aromatic rings. The SMILES string of the molecule is COC(=O)C1COCCN1C(=O)N[C@@H](CCO)C(=O)O. The Morgan fingerprint density at radius 1 is 1.50 bits per heavy atom. The first-order valence-corrected chi connectivity index (χ1v) is 6.07. The number of methoxy groups -OCH3 is 1. The van der Waals surface area contributed by atoms with Crippen molar-refractivity contribution < 1.29 is 34.1 Å². The highest BCUT2D eigenvalue weighted by atomic mass is 16.5. The zero-order valence-corrected chi connectivity index (χ0v) is 11.1. The number of hydrogen-bond acceptors (Lipinski definition) is 6. The second kappa shape index (κ2) is 7.65. The van der Waals surface area contributed by atoms with Gasteiger partial charge < -0.3 is 29.9 Å². The average molecular weight is 290 g/mol. The third-order valence-corrected chi connectivity index (χ3v) is 2.88. The number of carbonyl (C=O) groups excluding carboxylic acids is 2. The molecule has 0 aliphatic carbocycles. The maximum atomic E-state index is 12.0. The second-order valence-electron chi connectivity index (χ2n) is 4.16. The minimum Gasteiger partial charge on any atom is -0.480 e. The summed E-state index contributed by atoms with van der Waals surface area (Å²) >= 11 is 0. The van der Waals surface area contributed by atoms with E-state index in [0.717, 1.165) is 0 Å². The molecule has 9 nitrogen and oxygen atoms in total. The molecule has 1 unspecified atom stereocenters. The molecular weight excluding hydrogens is 272 g/mol. The Bertz CT molecular complexity index is 374. The van der Waals surface area contributed by atoms with Gasteiger partial charge in [0.15, 0.2) is 6.04 Å². The summed E-state index contributed by atoms with van der Waals surface area (Å²) in [5.41, 5.74) is 0. The maximum Gasteiger partial charge on any atom is 0.331 e. The lowest BCUT2D eigenvalue weighted by molar-refractivity contribution is -0.151. The van der Waals surface area contributed by atoms with Crippen LogP contribution >= 0.6 is 0 Å². The van der Waals surface area contributed by atoms with Crippen molar-refractivity contribution in [2.75, 3.05) is 33.5 Å². The number of carboxylic acids is 1. The van der Waals surface area contributed by atoms with Crippen molar-refractivity contribution in [3.8, 4) is 0 Å². The van der Waals surface area contributed by atoms with Gasteiger partial charge in [-0.2, -0.15) is 0 Å². The number of hydrogen-bond donors (Lipinski definition) is 3. The molecule has 1 heterocycles. The molecule has 1 fully saturated rings. The summed E-state index contributed by atoms with van der Waals surface area (Å²) in [4.78, 5) is 35.7. The molecule has 2 atom stereocenters. The van der Waals surface area contributed by atoms with Crippen LogP contribution in [0.4, 0.5) is 4.79 Å². The number of aliphatic hydroxyl groups excluding tert-OH is 1. The van der Waals surface area contributed by atoms with Crippen LogP contribution in [0, 0.1) is 0 Å². The van der Waals surface area contributed by atoms with Crippen molar-refractivity contribution in [2.24, 2.45) is 0 Å². The van der Waals surface area contributed by atoms with E-state index in [9.17, 15) is 14.4 Å². The molecular formula is C11H18N2O7. The predicted molar refractivity (Wildman–Crippen MR) is 65.0 cm³/mol. The van der Waals surface area contributed by atoms with Crippen LogP contribution in [0.5, 0.6) is 0 Å². The normalized spacial score (nSPS) is 20.1. The highest BCUT2D eigenvalue weighted by molar-refractivity contribution is 5.86. The molecule has 1 rings (SSSR count). The predicted octanol–water partition coefficient (Wildman–Crippen LogP) is -1.59. The van der Waals surface area contributed by atoms with Crippen LogP contribution < -0.4 is 5.32 Å². The van der Waals surface area contributed by atoms with Gasteiger partial charge in [-0.15, -0.1) is 0 Å². The average Bonchev–Trinajstić information content (AvgIpc) is 2.45. The van der Waals surface area contributed by atoms with Gasteiger partial charge in [0.2, 0.25) is 0 Å². The van der Waals surface area contributed by atoms with Gasteiger partial charge in [-0.3, -0.25) is 0 Å². The van der Waals surface area contributed by atoms with E-state index in [1.807, 2.05) is 0 Å². The first-order chi connectivity index (χ1) is 9.51. The smallest absolute Gasteiger partial charge is 0.331 e. The molecule has 0 bridgehead atoms. The number of nitrogens with one attached hydrogen (secondary N) is 1. The summed E-state index contributed by atoms with van der Waals surface area (Å²) in [6.07, 6.45) is -0.117. The number of urea groups is 1. The molecule has 0 radical (unpaired) electrons. The highest BCUT2D eigenvalue weighted by Gasteiger charge is 2.35. The molecule has 0 aromatic heterocycles. The Morgan fingerprint density at radius 3 is 2.75 bits per heavy atom. The van der Waals surface area contributed by atoms with Gasteiger partial charge in [0.05, 0.1) is 20.3 Å². The molecule has 9 heteroatoms. The third-order valence-electron chi connectivity index (χ3n) is 2.88. The van der Waals surface area contributed by atoms with Crippen molar-refractivity contribution in [3.05, 3.63) is 0 Å². The van der Waals surface area contributed by atoms with E-state index in [4.69, 9.17) is 14.9 Å². The van der Waals surface area contributed by atoms with E-state index in [0.29, 0.717) is 0 Å². The van der Waals surface area contributed by atoms with Crippen LogP contribution in [0.3, 0.4) is 0 Å². The van der Waals surface area contributed by atoms with Crippen LogP contribution in [-0.4, -0.2) is 78.6 Å². The van der Waals surface area contributed by atoms with Crippen molar-refractivity contribution >= 4 is 18.0 Å². The van der Waals surface area contributed by atoms with Gasteiger partial charge in [0.25, 0.3) is 0 Å². The van der Waals surface area contributed by atoms with Crippen molar-refractivity contribution in [2.45, 2.75) is 18.5 Å². The number of rotatable bonds is 5. The number of aliphatic hydroxyl groups is 1. The van der Waals surface area contributed by atoms with Crippen LogP contribution in [-0.2, 0) is 19.1 Å². The van der Waals surface area contributed by atoms with Crippen LogP contribution in [0.15, 0.2) is 0 Å². The Morgan fingerprint density at radius 2 is 2.20 bits per heavy atom. The van der Waals surface area contributed by atoms with Gasteiger partial charge >= 0.3 is 18.0 Å². The van der Waals surface area contributed by atoms with Crippen molar-refractivity contribution in [1.29, 1.82) is 0 Å². The van der Waals surface area contributed by atoms with E-state index in [1.54, 1.807) is 0 Å². The number of carboxylic acid groups (broad SMARTS) is 1. The Balaban J connectivity index is 2.71. The van der Waals surface area contributed by atoms with Gasteiger partial charge in [0.1, 0.15) is 6.04 Å². The van der Waals surface area contributed by atoms with E-state index in [-0.39, 0.29) is 32.8 Å². The quantitative estimate of drug-likeness (QED) is 0.521. The molecule has 1 aliphatic heterocycles. The van der Waals surface area contributed by atoms with Crippen LogP contribution in [0.25, 0.3) is 0 Å². The second-order valence-corrected chi connectivity index (χ2v) is 4.16. The fourth-order valence-corrected chi connectivity index (χ4v) is 1.80. The summed E-state index contributed by atoms with van der Waals surface area (Å²) in [5.74, 6) is -1.89.